The summed E-state index contributed by atoms with van der Waals surface area (Å²) >= 11 is 0. The van der Waals surface area contributed by atoms with Crippen LogP contribution in [0.3, 0.4) is 0 Å². The largest absolute Gasteiger partial charge is 0.456 e. The molecule has 6 aromatic carbocycles. The van der Waals surface area contributed by atoms with Crippen molar-refractivity contribution in [2.75, 3.05) is 4.90 Å². The summed E-state index contributed by atoms with van der Waals surface area (Å²) < 4.78 is 6.59. The Labute approximate surface area is 257 Å². The van der Waals surface area contributed by atoms with Crippen LogP contribution in [0.15, 0.2) is 162 Å². The van der Waals surface area contributed by atoms with Crippen molar-refractivity contribution in [2.24, 2.45) is 0 Å². The van der Waals surface area contributed by atoms with Gasteiger partial charge in [0.2, 0.25) is 0 Å². The third-order valence-corrected chi connectivity index (χ3v) is 8.35. The summed E-state index contributed by atoms with van der Waals surface area (Å²) in [7, 11) is 0. The number of rotatable bonds is 6. The zero-order chi connectivity index (χ0) is 29.3. The Kier molecular flexibility index (Phi) is 6.54. The van der Waals surface area contributed by atoms with E-state index in [1.807, 2.05) is 6.20 Å². The summed E-state index contributed by atoms with van der Waals surface area (Å²) in [6.07, 6.45) is 4.11. The molecule has 0 unspecified atom stereocenters. The van der Waals surface area contributed by atoms with Crippen LogP contribution in [0.1, 0.15) is 11.3 Å². The minimum atomic E-state index is 0.676. The summed E-state index contributed by atoms with van der Waals surface area (Å²) in [5.74, 6) is 0.957. The lowest BCUT2D eigenvalue weighted by Gasteiger charge is -2.27. The number of nitrogens with one attached hydrogen (secondary N) is 1. The number of furan rings is 1. The highest BCUT2D eigenvalue weighted by Crippen LogP contribution is 2.44. The van der Waals surface area contributed by atoms with E-state index in [2.05, 4.69) is 168 Å². The van der Waals surface area contributed by atoms with Crippen LogP contribution in [-0.4, -0.2) is 0 Å². The standard InChI is InChI=1S/C41H30N2O/c1-4-11-29(12-5-1)30-19-21-33(22-20-30)43(39-18-10-17-37-36-25-26-42-28-40(36)44-41(37)39)34-23-24-35(31-13-6-2-7-14-31)38(27-34)32-15-8-3-9-16-32/h1-27,42H,28H2. The van der Waals surface area contributed by atoms with Crippen LogP contribution < -0.4 is 10.2 Å². The van der Waals surface area contributed by atoms with Crippen molar-refractivity contribution in [2.45, 2.75) is 6.54 Å². The van der Waals surface area contributed by atoms with Gasteiger partial charge in [-0.1, -0.05) is 121 Å². The topological polar surface area (TPSA) is 28.4 Å². The maximum atomic E-state index is 6.59. The van der Waals surface area contributed by atoms with Gasteiger partial charge in [0.1, 0.15) is 5.76 Å². The average molecular weight is 567 g/mol. The van der Waals surface area contributed by atoms with Gasteiger partial charge in [0, 0.05) is 22.3 Å². The molecule has 1 aliphatic rings. The predicted octanol–water partition coefficient (Wildman–Crippen LogP) is 11.0. The van der Waals surface area contributed by atoms with E-state index in [-0.39, 0.29) is 0 Å². The second kappa shape index (κ2) is 11.1. The second-order valence-electron chi connectivity index (χ2n) is 11.0. The maximum Gasteiger partial charge on any atom is 0.159 e. The monoisotopic (exact) mass is 566 g/mol. The van der Waals surface area contributed by atoms with Crippen molar-refractivity contribution in [1.82, 2.24) is 5.32 Å². The number of fused-ring (bicyclic) bond motifs is 3. The molecule has 0 saturated carbocycles. The van der Waals surface area contributed by atoms with E-state index in [9.17, 15) is 0 Å². The molecule has 210 valence electrons. The quantitative estimate of drug-likeness (QED) is 0.217. The summed E-state index contributed by atoms with van der Waals surface area (Å²) in [6, 6.07) is 53.8. The Balaban J connectivity index is 1.34. The van der Waals surface area contributed by atoms with Gasteiger partial charge >= 0.3 is 0 Å². The van der Waals surface area contributed by atoms with Crippen molar-refractivity contribution in [3.05, 3.63) is 169 Å². The number of hydrogen-bond acceptors (Lipinski definition) is 3. The summed E-state index contributed by atoms with van der Waals surface area (Å²) in [6.45, 7) is 0.676. The fraction of sp³-hybridized carbons (Fsp3) is 0.0244. The van der Waals surface area contributed by atoms with E-state index in [1.165, 1.54) is 33.4 Å². The van der Waals surface area contributed by atoms with Gasteiger partial charge in [0.05, 0.1) is 12.2 Å². The Hall–Kier alpha value is -5.80. The minimum Gasteiger partial charge on any atom is -0.456 e. The highest BCUT2D eigenvalue weighted by molar-refractivity contribution is 6.01. The molecule has 2 heterocycles. The first-order chi connectivity index (χ1) is 21.8. The normalized spacial score (nSPS) is 12.1. The molecular formula is C41H30N2O. The lowest BCUT2D eigenvalue weighted by atomic mass is 9.93. The second-order valence-corrected chi connectivity index (χ2v) is 11.0. The van der Waals surface area contributed by atoms with E-state index in [4.69, 9.17) is 4.42 Å². The van der Waals surface area contributed by atoms with Crippen LogP contribution in [0.25, 0.3) is 50.4 Å². The Morgan fingerprint density at radius 2 is 1.14 bits per heavy atom. The van der Waals surface area contributed by atoms with Crippen LogP contribution >= 0.6 is 0 Å². The fourth-order valence-corrected chi connectivity index (χ4v) is 6.21. The first-order valence-electron chi connectivity index (χ1n) is 15.0. The lowest BCUT2D eigenvalue weighted by Crippen LogP contribution is -2.10. The molecule has 0 fully saturated rings. The van der Waals surface area contributed by atoms with Crippen LogP contribution in [0.2, 0.25) is 0 Å². The minimum absolute atomic E-state index is 0.676. The van der Waals surface area contributed by atoms with Crippen molar-refractivity contribution in [3.63, 3.8) is 0 Å². The van der Waals surface area contributed by atoms with Crippen LogP contribution in [-0.2, 0) is 6.54 Å². The molecule has 0 atom stereocenters. The first-order valence-corrected chi connectivity index (χ1v) is 15.0. The van der Waals surface area contributed by atoms with Crippen LogP contribution in [0.5, 0.6) is 0 Å². The molecule has 0 saturated heterocycles. The zero-order valence-electron chi connectivity index (χ0n) is 24.2. The van der Waals surface area contributed by atoms with Gasteiger partial charge in [-0.05, 0) is 76.0 Å². The van der Waals surface area contributed by atoms with E-state index in [0.29, 0.717) is 6.54 Å². The van der Waals surface area contributed by atoms with Gasteiger partial charge in [-0.3, -0.25) is 0 Å². The Bertz CT molecular complexity index is 2090. The van der Waals surface area contributed by atoms with Gasteiger partial charge in [-0.25, -0.2) is 0 Å². The van der Waals surface area contributed by atoms with Crippen LogP contribution in [0.4, 0.5) is 17.1 Å². The molecule has 8 rings (SSSR count). The molecule has 0 aliphatic carbocycles. The van der Waals surface area contributed by atoms with Gasteiger partial charge in [-0.2, -0.15) is 0 Å². The zero-order valence-corrected chi connectivity index (χ0v) is 24.2. The maximum absolute atomic E-state index is 6.59. The highest BCUT2D eigenvalue weighted by Gasteiger charge is 2.23. The highest BCUT2D eigenvalue weighted by atomic mass is 16.3. The van der Waals surface area contributed by atoms with Gasteiger partial charge in [0.25, 0.3) is 0 Å². The van der Waals surface area contributed by atoms with Crippen molar-refractivity contribution in [1.29, 1.82) is 0 Å². The number of nitrogens with zero attached hydrogens (tertiary/aromatic N) is 1. The number of hydrogen-bond donors (Lipinski definition) is 1. The molecule has 7 aromatic rings. The Morgan fingerprint density at radius 1 is 0.523 bits per heavy atom. The summed E-state index contributed by atoms with van der Waals surface area (Å²) in [4.78, 5) is 2.32. The number of benzene rings is 6. The number of anilines is 3. The van der Waals surface area contributed by atoms with Gasteiger partial charge < -0.3 is 14.6 Å². The van der Waals surface area contributed by atoms with Gasteiger partial charge in [-0.15, -0.1) is 0 Å². The van der Waals surface area contributed by atoms with Crippen molar-refractivity contribution in [3.8, 4) is 33.4 Å². The molecular weight excluding hydrogens is 536 g/mol. The average Bonchev–Trinajstić information content (AvgIpc) is 3.49. The molecule has 3 heteroatoms. The van der Waals surface area contributed by atoms with Gasteiger partial charge in [0.15, 0.2) is 5.58 Å². The molecule has 0 spiro atoms. The molecule has 0 bridgehead atoms. The van der Waals surface area contributed by atoms with E-state index in [0.717, 1.165) is 39.4 Å². The summed E-state index contributed by atoms with van der Waals surface area (Å²) in [5, 5.41) is 4.41. The lowest BCUT2D eigenvalue weighted by molar-refractivity contribution is 0.533. The van der Waals surface area contributed by atoms with Crippen LogP contribution in [0, 0.1) is 0 Å². The van der Waals surface area contributed by atoms with Crippen molar-refractivity contribution < 1.29 is 4.42 Å². The number of para-hydroxylation sites is 1. The first kappa shape index (κ1) is 25.9. The van der Waals surface area contributed by atoms with E-state index >= 15 is 0 Å². The summed E-state index contributed by atoms with van der Waals surface area (Å²) in [5.41, 5.74) is 12.3. The predicted molar refractivity (Wildman–Crippen MR) is 183 cm³/mol. The molecule has 0 amide bonds. The van der Waals surface area contributed by atoms with E-state index < -0.39 is 0 Å². The molecule has 1 N–H and O–H groups in total. The molecule has 1 aromatic heterocycles. The third kappa shape index (κ3) is 4.65. The van der Waals surface area contributed by atoms with Crippen molar-refractivity contribution >= 4 is 34.1 Å². The fourth-order valence-electron chi connectivity index (χ4n) is 6.21. The molecule has 0 radical (unpaired) electrons. The van der Waals surface area contributed by atoms with E-state index in [1.54, 1.807) is 0 Å². The Morgan fingerprint density at radius 3 is 1.84 bits per heavy atom. The smallest absolute Gasteiger partial charge is 0.159 e. The third-order valence-electron chi connectivity index (χ3n) is 8.35. The SMILES string of the molecule is C1=Cc2c(oc3c(N(c4ccc(-c5ccccc5)cc4)c4ccc(-c5ccccc5)c(-c5ccccc5)c4)cccc23)CN1. The molecule has 3 nitrogen and oxygen atoms in total. The molecule has 44 heavy (non-hydrogen) atoms. The molecule has 1 aliphatic heterocycles.